The molecule has 4 atom stereocenters. The van der Waals surface area contributed by atoms with Gasteiger partial charge in [-0.25, -0.2) is 0 Å². The third-order valence-corrected chi connectivity index (χ3v) is 5.24. The Hall–Kier alpha value is -1.48. The number of nitrogens with one attached hydrogen (secondary N) is 1. The van der Waals surface area contributed by atoms with Gasteiger partial charge in [0, 0.05) is 5.57 Å². The summed E-state index contributed by atoms with van der Waals surface area (Å²) in [5, 5.41) is 0. The van der Waals surface area contributed by atoms with E-state index >= 15 is 0 Å². The van der Waals surface area contributed by atoms with E-state index in [0.717, 1.165) is 16.9 Å². The first-order valence-electron chi connectivity index (χ1n) is 9.67. The first-order chi connectivity index (χ1) is 13.3. The third kappa shape index (κ3) is 3.83. The van der Waals surface area contributed by atoms with Crippen LogP contribution in [0.5, 0.6) is 0 Å². The highest BCUT2D eigenvalue weighted by atomic mass is 16.8. The molecule has 0 unspecified atom stereocenters. The average Bonchev–Trinajstić information content (AvgIpc) is 3.20. The highest BCUT2D eigenvalue weighted by molar-refractivity contribution is 5.69. The second kappa shape index (κ2) is 7.40. The average molecular weight is 391 g/mol. The SMILES string of the molecule is COC1=C(c2ccccc2)CON[C@H]1[C@H]1OC(C)(C)O[C@@H]1[C@H]1COC(C)(C)O1. The van der Waals surface area contributed by atoms with Crippen molar-refractivity contribution in [2.45, 2.75) is 63.6 Å². The van der Waals surface area contributed by atoms with Crippen molar-refractivity contribution >= 4 is 5.57 Å². The zero-order valence-electron chi connectivity index (χ0n) is 17.1. The van der Waals surface area contributed by atoms with Crippen molar-refractivity contribution in [3.63, 3.8) is 0 Å². The molecule has 3 heterocycles. The Morgan fingerprint density at radius 2 is 1.68 bits per heavy atom. The maximum Gasteiger partial charge on any atom is 0.163 e. The van der Waals surface area contributed by atoms with E-state index in [1.54, 1.807) is 7.11 Å². The first kappa shape index (κ1) is 19.8. The molecular weight excluding hydrogens is 362 g/mol. The monoisotopic (exact) mass is 391 g/mol. The Kier molecular flexibility index (Phi) is 5.24. The van der Waals surface area contributed by atoms with Crippen LogP contribution >= 0.6 is 0 Å². The standard InChI is InChI=1S/C21H29NO6/c1-20(2)24-12-15(26-20)18-19(28-21(3,4)27-18)16-17(23-5)14(11-25-22-16)13-9-7-6-8-10-13/h6-10,15-16,18-19,22H,11-12H2,1-5H3/t15-,16-,18-,19-/m1/s1. The molecule has 28 heavy (non-hydrogen) atoms. The summed E-state index contributed by atoms with van der Waals surface area (Å²) in [6.07, 6.45) is -0.951. The molecule has 1 aromatic carbocycles. The predicted octanol–water partition coefficient (Wildman–Crippen LogP) is 2.62. The fourth-order valence-corrected chi connectivity index (χ4v) is 4.09. The molecule has 0 radical (unpaired) electrons. The van der Waals surface area contributed by atoms with Crippen LogP contribution in [-0.4, -0.2) is 56.3 Å². The number of methoxy groups -OCH3 is 1. The van der Waals surface area contributed by atoms with Gasteiger partial charge in [-0.2, -0.15) is 5.48 Å². The van der Waals surface area contributed by atoms with Gasteiger partial charge in [-0.3, -0.25) is 4.84 Å². The van der Waals surface area contributed by atoms with Gasteiger partial charge in [-0.1, -0.05) is 30.3 Å². The van der Waals surface area contributed by atoms with Gasteiger partial charge in [0.2, 0.25) is 0 Å². The lowest BCUT2D eigenvalue weighted by Crippen LogP contribution is -2.52. The van der Waals surface area contributed by atoms with Crippen LogP contribution in [0.3, 0.4) is 0 Å². The number of hydrogen-bond acceptors (Lipinski definition) is 7. The summed E-state index contributed by atoms with van der Waals surface area (Å²) in [5.74, 6) is -0.611. The Labute approximate surface area is 165 Å². The first-order valence-corrected chi connectivity index (χ1v) is 9.67. The van der Waals surface area contributed by atoms with Crippen LogP contribution in [0.15, 0.2) is 36.1 Å². The van der Waals surface area contributed by atoms with Gasteiger partial charge in [0.05, 0.1) is 20.3 Å². The van der Waals surface area contributed by atoms with Crippen molar-refractivity contribution in [1.29, 1.82) is 0 Å². The van der Waals surface area contributed by atoms with E-state index in [0.29, 0.717) is 13.2 Å². The highest BCUT2D eigenvalue weighted by Gasteiger charge is 2.54. The molecule has 0 bridgehead atoms. The van der Waals surface area contributed by atoms with Crippen molar-refractivity contribution in [2.75, 3.05) is 20.3 Å². The van der Waals surface area contributed by atoms with E-state index in [1.165, 1.54) is 0 Å². The minimum absolute atomic E-state index is 0.246. The molecule has 2 saturated heterocycles. The summed E-state index contributed by atoms with van der Waals surface area (Å²) in [6, 6.07) is 9.74. The highest BCUT2D eigenvalue weighted by Crippen LogP contribution is 2.39. The molecule has 0 aliphatic carbocycles. The van der Waals surface area contributed by atoms with Crippen molar-refractivity contribution in [3.8, 4) is 0 Å². The maximum absolute atomic E-state index is 6.28. The molecule has 7 nitrogen and oxygen atoms in total. The van der Waals surface area contributed by atoms with Gasteiger partial charge in [0.25, 0.3) is 0 Å². The van der Waals surface area contributed by atoms with Crippen LogP contribution in [0.4, 0.5) is 0 Å². The van der Waals surface area contributed by atoms with Gasteiger partial charge >= 0.3 is 0 Å². The van der Waals surface area contributed by atoms with Crippen molar-refractivity contribution in [3.05, 3.63) is 41.7 Å². The summed E-state index contributed by atoms with van der Waals surface area (Å²) in [6.45, 7) is 8.45. The molecule has 1 aromatic rings. The molecule has 3 aliphatic rings. The Morgan fingerprint density at radius 3 is 2.32 bits per heavy atom. The van der Waals surface area contributed by atoms with Crippen LogP contribution < -0.4 is 5.48 Å². The molecule has 7 heteroatoms. The second-order valence-corrected chi connectivity index (χ2v) is 8.23. The minimum atomic E-state index is -0.754. The second-order valence-electron chi connectivity index (χ2n) is 8.23. The van der Waals surface area contributed by atoms with Gasteiger partial charge in [0.1, 0.15) is 30.1 Å². The van der Waals surface area contributed by atoms with Crippen molar-refractivity contribution in [1.82, 2.24) is 5.48 Å². The normalized spacial score (nSPS) is 34.6. The van der Waals surface area contributed by atoms with Gasteiger partial charge in [-0.05, 0) is 33.3 Å². The van der Waals surface area contributed by atoms with E-state index in [1.807, 2.05) is 58.0 Å². The minimum Gasteiger partial charge on any atom is -0.499 e. The lowest BCUT2D eigenvalue weighted by molar-refractivity contribution is -0.175. The van der Waals surface area contributed by atoms with E-state index in [4.69, 9.17) is 28.5 Å². The predicted molar refractivity (Wildman–Crippen MR) is 102 cm³/mol. The van der Waals surface area contributed by atoms with E-state index < -0.39 is 11.6 Å². The number of hydroxylamine groups is 1. The molecule has 1 N–H and O–H groups in total. The van der Waals surface area contributed by atoms with Crippen molar-refractivity contribution in [2.24, 2.45) is 0 Å². The van der Waals surface area contributed by atoms with Crippen LogP contribution in [0, 0.1) is 0 Å². The number of rotatable bonds is 4. The van der Waals surface area contributed by atoms with Crippen molar-refractivity contribution < 1.29 is 28.5 Å². The Bertz CT molecular complexity index is 732. The van der Waals surface area contributed by atoms with Gasteiger partial charge < -0.3 is 23.7 Å². The molecular formula is C21H29NO6. The molecule has 0 saturated carbocycles. The summed E-state index contributed by atoms with van der Waals surface area (Å²) in [7, 11) is 1.67. The van der Waals surface area contributed by atoms with Crippen LogP contribution in [0.25, 0.3) is 5.57 Å². The molecule has 4 rings (SSSR count). The lowest BCUT2D eigenvalue weighted by Gasteiger charge is -2.34. The smallest absolute Gasteiger partial charge is 0.163 e. The fraction of sp³-hybridized carbons (Fsp3) is 0.619. The topological polar surface area (TPSA) is 67.4 Å². The zero-order chi connectivity index (χ0) is 19.9. The third-order valence-electron chi connectivity index (χ3n) is 5.24. The molecule has 0 aromatic heterocycles. The van der Waals surface area contributed by atoms with E-state index in [-0.39, 0.29) is 24.4 Å². The van der Waals surface area contributed by atoms with E-state index in [9.17, 15) is 0 Å². The van der Waals surface area contributed by atoms with Gasteiger partial charge in [0.15, 0.2) is 11.6 Å². The van der Waals surface area contributed by atoms with Crippen LogP contribution in [0.1, 0.15) is 33.3 Å². The summed E-state index contributed by atoms with van der Waals surface area (Å²) >= 11 is 0. The zero-order valence-corrected chi connectivity index (χ0v) is 17.1. The molecule has 154 valence electrons. The Balaban J connectivity index is 1.67. The molecule has 0 spiro atoms. The number of ether oxygens (including phenoxy) is 5. The number of hydrogen-bond donors (Lipinski definition) is 1. The van der Waals surface area contributed by atoms with Gasteiger partial charge in [-0.15, -0.1) is 0 Å². The summed E-state index contributed by atoms with van der Waals surface area (Å²) in [4.78, 5) is 5.72. The maximum atomic E-state index is 6.28. The largest absolute Gasteiger partial charge is 0.499 e. The summed E-state index contributed by atoms with van der Waals surface area (Å²) in [5.41, 5.74) is 5.14. The van der Waals surface area contributed by atoms with Crippen LogP contribution in [-0.2, 0) is 28.5 Å². The lowest BCUT2D eigenvalue weighted by atomic mass is 9.94. The summed E-state index contributed by atoms with van der Waals surface area (Å²) < 4.78 is 30.2. The number of benzene rings is 1. The molecule has 2 fully saturated rings. The molecule has 3 aliphatic heterocycles. The Morgan fingerprint density at radius 1 is 0.964 bits per heavy atom. The molecule has 0 amide bonds. The van der Waals surface area contributed by atoms with Crippen LogP contribution in [0.2, 0.25) is 0 Å². The quantitative estimate of drug-likeness (QED) is 0.846. The van der Waals surface area contributed by atoms with E-state index in [2.05, 4.69) is 5.48 Å². The fourth-order valence-electron chi connectivity index (χ4n) is 4.09.